The lowest BCUT2D eigenvalue weighted by Crippen LogP contribution is -2.42. The van der Waals surface area contributed by atoms with Crippen LogP contribution in [0, 0.1) is 5.82 Å². The minimum atomic E-state index is -0.436. The van der Waals surface area contributed by atoms with E-state index in [0.29, 0.717) is 17.9 Å². The van der Waals surface area contributed by atoms with Crippen molar-refractivity contribution in [1.82, 2.24) is 10.6 Å². The molecule has 0 bridgehead atoms. The molecule has 1 heterocycles. The number of hydrogen-bond donors (Lipinski definition) is 2. The molecule has 2 atom stereocenters. The number of hydrogen-bond acceptors (Lipinski definition) is 3. The number of amides is 1. The predicted molar refractivity (Wildman–Crippen MR) is 78.0 cm³/mol. The quantitative estimate of drug-likeness (QED) is 0.860. The third-order valence-corrected chi connectivity index (χ3v) is 3.28. The Kier molecular flexibility index (Phi) is 5.11. The van der Waals surface area contributed by atoms with Crippen molar-refractivity contribution in [2.75, 3.05) is 0 Å². The van der Waals surface area contributed by atoms with Crippen molar-refractivity contribution in [3.63, 3.8) is 0 Å². The number of carbonyl (C=O) groups excluding carboxylic acids is 1. The number of furan rings is 1. The smallest absolute Gasteiger partial charge is 0.237 e. The monoisotopic (exact) mass is 290 g/mol. The van der Waals surface area contributed by atoms with Crippen LogP contribution in [0.25, 0.3) is 0 Å². The van der Waals surface area contributed by atoms with Gasteiger partial charge in [0.2, 0.25) is 5.91 Å². The first-order valence-electron chi connectivity index (χ1n) is 6.88. The fourth-order valence-electron chi connectivity index (χ4n) is 2.11. The van der Waals surface area contributed by atoms with Crippen LogP contribution in [-0.2, 0) is 11.3 Å². The third-order valence-electron chi connectivity index (χ3n) is 3.28. The molecule has 1 aromatic heterocycles. The molecule has 4 nitrogen and oxygen atoms in total. The van der Waals surface area contributed by atoms with Gasteiger partial charge >= 0.3 is 0 Å². The second kappa shape index (κ2) is 7.04. The second-order valence-corrected chi connectivity index (χ2v) is 4.93. The molecule has 1 aromatic carbocycles. The van der Waals surface area contributed by atoms with Crippen molar-refractivity contribution >= 4 is 5.91 Å². The molecular weight excluding hydrogens is 271 g/mol. The summed E-state index contributed by atoms with van der Waals surface area (Å²) in [7, 11) is 0. The lowest BCUT2D eigenvalue weighted by atomic mass is 10.1. The van der Waals surface area contributed by atoms with Crippen LogP contribution in [0.4, 0.5) is 4.39 Å². The normalized spacial score (nSPS) is 13.7. The van der Waals surface area contributed by atoms with Crippen LogP contribution >= 0.6 is 0 Å². The van der Waals surface area contributed by atoms with E-state index in [1.54, 1.807) is 43.5 Å². The molecule has 0 fully saturated rings. The second-order valence-electron chi connectivity index (χ2n) is 4.93. The van der Waals surface area contributed by atoms with Gasteiger partial charge in [-0.05, 0) is 32.0 Å². The van der Waals surface area contributed by atoms with E-state index in [-0.39, 0.29) is 17.8 Å². The molecule has 2 rings (SSSR count). The van der Waals surface area contributed by atoms with Crippen molar-refractivity contribution in [3.05, 3.63) is 59.8 Å². The van der Waals surface area contributed by atoms with Gasteiger partial charge in [-0.1, -0.05) is 18.2 Å². The van der Waals surface area contributed by atoms with Gasteiger partial charge in [0, 0.05) is 11.6 Å². The van der Waals surface area contributed by atoms with Gasteiger partial charge in [0.25, 0.3) is 0 Å². The summed E-state index contributed by atoms with van der Waals surface area (Å²) in [6.45, 7) is 3.91. The highest BCUT2D eigenvalue weighted by molar-refractivity contribution is 5.81. The number of carbonyl (C=O) groups is 1. The molecule has 0 radical (unpaired) electrons. The van der Waals surface area contributed by atoms with Gasteiger partial charge in [0.1, 0.15) is 11.6 Å². The SMILES string of the molecule is CC(NC(C)c1ccccc1F)C(=O)NCc1ccco1. The summed E-state index contributed by atoms with van der Waals surface area (Å²) in [6.07, 6.45) is 1.56. The van der Waals surface area contributed by atoms with Gasteiger partial charge in [-0.2, -0.15) is 0 Å². The Morgan fingerprint density at radius 3 is 2.67 bits per heavy atom. The molecule has 2 unspecified atom stereocenters. The van der Waals surface area contributed by atoms with Crippen LogP contribution < -0.4 is 10.6 Å². The molecule has 1 amide bonds. The largest absolute Gasteiger partial charge is 0.467 e. The highest BCUT2D eigenvalue weighted by Crippen LogP contribution is 2.16. The zero-order chi connectivity index (χ0) is 15.2. The molecule has 0 aliphatic rings. The van der Waals surface area contributed by atoms with Crippen LogP contribution in [-0.4, -0.2) is 11.9 Å². The molecule has 0 saturated carbocycles. The summed E-state index contributed by atoms with van der Waals surface area (Å²) in [6, 6.07) is 9.41. The molecule has 5 heteroatoms. The first-order valence-corrected chi connectivity index (χ1v) is 6.88. The molecule has 0 saturated heterocycles. The Morgan fingerprint density at radius 1 is 1.24 bits per heavy atom. The first kappa shape index (κ1) is 15.3. The van der Waals surface area contributed by atoms with Gasteiger partial charge < -0.3 is 9.73 Å². The number of rotatable bonds is 6. The van der Waals surface area contributed by atoms with Crippen molar-refractivity contribution in [3.8, 4) is 0 Å². The van der Waals surface area contributed by atoms with E-state index < -0.39 is 6.04 Å². The van der Waals surface area contributed by atoms with Gasteiger partial charge in [-0.3, -0.25) is 10.1 Å². The standard InChI is InChI=1S/C16H19FN2O2/c1-11(14-7-3-4-8-15(14)17)19-12(2)16(20)18-10-13-6-5-9-21-13/h3-9,11-12,19H,10H2,1-2H3,(H,18,20). The minimum Gasteiger partial charge on any atom is -0.467 e. The lowest BCUT2D eigenvalue weighted by Gasteiger charge is -2.20. The summed E-state index contributed by atoms with van der Waals surface area (Å²) in [5.74, 6) is 0.257. The van der Waals surface area contributed by atoms with Crippen molar-refractivity contribution in [2.45, 2.75) is 32.5 Å². The van der Waals surface area contributed by atoms with Crippen LogP contribution in [0.5, 0.6) is 0 Å². The zero-order valence-electron chi connectivity index (χ0n) is 12.1. The van der Waals surface area contributed by atoms with E-state index >= 15 is 0 Å². The fourth-order valence-corrected chi connectivity index (χ4v) is 2.11. The number of benzene rings is 1. The van der Waals surface area contributed by atoms with E-state index in [1.807, 2.05) is 6.92 Å². The highest BCUT2D eigenvalue weighted by atomic mass is 19.1. The Bertz CT molecular complexity index is 584. The van der Waals surface area contributed by atoms with E-state index in [4.69, 9.17) is 4.42 Å². The maximum Gasteiger partial charge on any atom is 0.237 e. The van der Waals surface area contributed by atoms with Crippen LogP contribution in [0.2, 0.25) is 0 Å². The fraction of sp³-hybridized carbons (Fsp3) is 0.312. The topological polar surface area (TPSA) is 54.3 Å². The predicted octanol–water partition coefficient (Wildman–Crippen LogP) is 2.77. The Hall–Kier alpha value is -2.14. The Balaban J connectivity index is 1.87. The summed E-state index contributed by atoms with van der Waals surface area (Å²) in [4.78, 5) is 12.0. The molecule has 2 aromatic rings. The van der Waals surface area contributed by atoms with E-state index in [9.17, 15) is 9.18 Å². The van der Waals surface area contributed by atoms with Crippen LogP contribution in [0.1, 0.15) is 31.2 Å². The van der Waals surface area contributed by atoms with E-state index in [0.717, 1.165) is 0 Å². The number of nitrogens with one attached hydrogen (secondary N) is 2. The molecule has 0 aliphatic carbocycles. The Labute approximate surface area is 123 Å². The van der Waals surface area contributed by atoms with Gasteiger partial charge in [-0.15, -0.1) is 0 Å². The third kappa shape index (κ3) is 4.16. The van der Waals surface area contributed by atoms with Gasteiger partial charge in [0.05, 0.1) is 18.8 Å². The van der Waals surface area contributed by atoms with Gasteiger partial charge in [-0.25, -0.2) is 4.39 Å². The van der Waals surface area contributed by atoms with Gasteiger partial charge in [0.15, 0.2) is 0 Å². The first-order chi connectivity index (χ1) is 10.1. The maximum atomic E-state index is 13.7. The lowest BCUT2D eigenvalue weighted by molar-refractivity contribution is -0.123. The average molecular weight is 290 g/mol. The molecule has 2 N–H and O–H groups in total. The van der Waals surface area contributed by atoms with Crippen molar-refractivity contribution in [1.29, 1.82) is 0 Å². The molecular formula is C16H19FN2O2. The minimum absolute atomic E-state index is 0.158. The van der Waals surface area contributed by atoms with E-state index in [2.05, 4.69) is 10.6 Å². The maximum absolute atomic E-state index is 13.7. The summed E-state index contributed by atoms with van der Waals surface area (Å²) < 4.78 is 18.8. The average Bonchev–Trinajstić information content (AvgIpc) is 2.98. The summed E-state index contributed by atoms with van der Waals surface area (Å²) >= 11 is 0. The molecule has 0 aliphatic heterocycles. The molecule has 21 heavy (non-hydrogen) atoms. The Morgan fingerprint density at radius 2 is 2.00 bits per heavy atom. The van der Waals surface area contributed by atoms with E-state index in [1.165, 1.54) is 6.07 Å². The van der Waals surface area contributed by atoms with Crippen molar-refractivity contribution in [2.24, 2.45) is 0 Å². The van der Waals surface area contributed by atoms with Crippen molar-refractivity contribution < 1.29 is 13.6 Å². The summed E-state index contributed by atoms with van der Waals surface area (Å²) in [5.41, 5.74) is 0.545. The summed E-state index contributed by atoms with van der Waals surface area (Å²) in [5, 5.41) is 5.85. The molecule has 112 valence electrons. The zero-order valence-corrected chi connectivity index (χ0v) is 12.1. The van der Waals surface area contributed by atoms with Crippen LogP contribution in [0.3, 0.4) is 0 Å². The molecule has 0 spiro atoms. The highest BCUT2D eigenvalue weighted by Gasteiger charge is 2.18. The number of halogens is 1. The van der Waals surface area contributed by atoms with Crippen LogP contribution in [0.15, 0.2) is 47.1 Å².